The van der Waals surface area contributed by atoms with E-state index in [1.807, 2.05) is 42.5 Å². The predicted octanol–water partition coefficient (Wildman–Crippen LogP) is 4.85. The van der Waals surface area contributed by atoms with E-state index in [4.69, 9.17) is 4.74 Å². The molecule has 0 amide bonds. The van der Waals surface area contributed by atoms with E-state index in [9.17, 15) is 9.59 Å². The standard InChI is InChI=1S/C22H17BrO3/c23-22(16-17-10-4-1-5-11-17,20(24)18-12-6-2-7-13-18)21(25)26-19-14-8-3-9-15-19/h1-15H,16H2. The molecule has 0 aliphatic heterocycles. The summed E-state index contributed by atoms with van der Waals surface area (Å²) in [5, 5.41) is 0. The van der Waals surface area contributed by atoms with Gasteiger partial charge in [0.05, 0.1) is 0 Å². The lowest BCUT2D eigenvalue weighted by Crippen LogP contribution is -2.45. The second-order valence-corrected chi connectivity index (χ2v) is 7.21. The van der Waals surface area contributed by atoms with Gasteiger partial charge in [-0.1, -0.05) is 94.8 Å². The van der Waals surface area contributed by atoms with Crippen LogP contribution in [0.2, 0.25) is 0 Å². The number of ether oxygens (including phenoxy) is 1. The molecule has 130 valence electrons. The molecule has 0 spiro atoms. The zero-order valence-electron chi connectivity index (χ0n) is 14.0. The summed E-state index contributed by atoms with van der Waals surface area (Å²) < 4.78 is 3.98. The summed E-state index contributed by atoms with van der Waals surface area (Å²) >= 11 is 3.42. The molecule has 26 heavy (non-hydrogen) atoms. The predicted molar refractivity (Wildman–Crippen MR) is 105 cm³/mol. The summed E-state index contributed by atoms with van der Waals surface area (Å²) in [7, 11) is 0. The zero-order chi connectivity index (χ0) is 18.4. The molecule has 0 aromatic heterocycles. The molecule has 1 atom stereocenters. The van der Waals surface area contributed by atoms with Crippen molar-refractivity contribution in [2.75, 3.05) is 0 Å². The lowest BCUT2D eigenvalue weighted by Gasteiger charge is -2.24. The number of esters is 1. The maximum atomic E-state index is 13.2. The minimum absolute atomic E-state index is 0.188. The smallest absolute Gasteiger partial charge is 0.336 e. The van der Waals surface area contributed by atoms with Crippen molar-refractivity contribution in [2.24, 2.45) is 0 Å². The van der Waals surface area contributed by atoms with E-state index in [1.165, 1.54) is 0 Å². The molecule has 0 aliphatic carbocycles. The number of hydrogen-bond donors (Lipinski definition) is 0. The molecule has 3 rings (SSSR count). The minimum Gasteiger partial charge on any atom is -0.425 e. The Morgan fingerprint density at radius 1 is 0.769 bits per heavy atom. The van der Waals surface area contributed by atoms with E-state index < -0.39 is 10.3 Å². The first-order chi connectivity index (χ1) is 12.6. The fourth-order valence-electron chi connectivity index (χ4n) is 2.62. The molecule has 3 aromatic rings. The van der Waals surface area contributed by atoms with Crippen LogP contribution in [0.1, 0.15) is 15.9 Å². The zero-order valence-corrected chi connectivity index (χ0v) is 15.6. The summed E-state index contributed by atoms with van der Waals surface area (Å²) in [5.74, 6) is -0.570. The first-order valence-corrected chi connectivity index (χ1v) is 8.99. The number of hydrogen-bond acceptors (Lipinski definition) is 3. The number of para-hydroxylation sites is 1. The summed E-state index contributed by atoms with van der Waals surface area (Å²) in [5.41, 5.74) is 1.31. The van der Waals surface area contributed by atoms with Gasteiger partial charge in [-0.3, -0.25) is 4.79 Å². The maximum Gasteiger partial charge on any atom is 0.336 e. The van der Waals surface area contributed by atoms with Crippen LogP contribution in [0.5, 0.6) is 5.75 Å². The number of rotatable bonds is 6. The number of ketones is 1. The van der Waals surface area contributed by atoms with Crippen molar-refractivity contribution in [2.45, 2.75) is 10.7 Å². The molecular weight excluding hydrogens is 392 g/mol. The van der Waals surface area contributed by atoms with E-state index in [0.29, 0.717) is 11.3 Å². The van der Waals surface area contributed by atoms with Crippen molar-refractivity contribution >= 4 is 27.7 Å². The van der Waals surface area contributed by atoms with Gasteiger partial charge in [0, 0.05) is 12.0 Å². The Labute approximate surface area is 160 Å². The van der Waals surface area contributed by atoms with Gasteiger partial charge in [-0.2, -0.15) is 0 Å². The average molecular weight is 409 g/mol. The highest BCUT2D eigenvalue weighted by molar-refractivity contribution is 9.10. The molecule has 0 fully saturated rings. The Hall–Kier alpha value is -2.72. The molecule has 3 aromatic carbocycles. The Kier molecular flexibility index (Phi) is 5.64. The van der Waals surface area contributed by atoms with Crippen molar-refractivity contribution in [1.29, 1.82) is 0 Å². The second-order valence-electron chi connectivity index (χ2n) is 5.86. The average Bonchev–Trinajstić information content (AvgIpc) is 2.69. The number of benzene rings is 3. The molecule has 0 saturated carbocycles. The van der Waals surface area contributed by atoms with Crippen molar-refractivity contribution < 1.29 is 14.3 Å². The number of carbonyl (C=O) groups is 2. The molecule has 3 nitrogen and oxygen atoms in total. The van der Waals surface area contributed by atoms with Crippen LogP contribution >= 0.6 is 15.9 Å². The fourth-order valence-corrected chi connectivity index (χ4v) is 3.25. The molecule has 0 saturated heterocycles. The van der Waals surface area contributed by atoms with Gasteiger partial charge >= 0.3 is 5.97 Å². The van der Waals surface area contributed by atoms with Crippen LogP contribution in [0.25, 0.3) is 0 Å². The summed E-state index contributed by atoms with van der Waals surface area (Å²) in [6.45, 7) is 0. The Morgan fingerprint density at radius 2 is 1.27 bits per heavy atom. The Morgan fingerprint density at radius 3 is 1.85 bits per heavy atom. The van der Waals surface area contributed by atoms with E-state index in [2.05, 4.69) is 15.9 Å². The molecule has 0 N–H and O–H groups in total. The molecule has 0 heterocycles. The van der Waals surface area contributed by atoms with Crippen LogP contribution in [0.3, 0.4) is 0 Å². The minimum atomic E-state index is -1.51. The molecule has 0 aliphatic rings. The lowest BCUT2D eigenvalue weighted by molar-refractivity contribution is -0.135. The monoisotopic (exact) mass is 408 g/mol. The first kappa shape index (κ1) is 18.1. The first-order valence-electron chi connectivity index (χ1n) is 8.19. The topological polar surface area (TPSA) is 43.4 Å². The highest BCUT2D eigenvalue weighted by Gasteiger charge is 2.45. The highest BCUT2D eigenvalue weighted by Crippen LogP contribution is 2.31. The third-order valence-electron chi connectivity index (χ3n) is 3.96. The summed E-state index contributed by atoms with van der Waals surface area (Å²) in [4.78, 5) is 26.1. The Balaban J connectivity index is 1.95. The van der Waals surface area contributed by atoms with Crippen molar-refractivity contribution in [3.8, 4) is 5.75 Å². The second kappa shape index (κ2) is 8.11. The van der Waals surface area contributed by atoms with Crippen LogP contribution in [-0.4, -0.2) is 16.1 Å². The summed E-state index contributed by atoms with van der Waals surface area (Å²) in [6.07, 6.45) is 0.188. The fraction of sp³-hybridized carbons (Fsp3) is 0.0909. The SMILES string of the molecule is O=C(Oc1ccccc1)C(Br)(Cc1ccccc1)C(=O)c1ccccc1. The molecular formula is C22H17BrO3. The Bertz CT molecular complexity index is 879. The lowest BCUT2D eigenvalue weighted by atomic mass is 9.91. The van der Waals surface area contributed by atoms with E-state index in [-0.39, 0.29) is 12.2 Å². The summed E-state index contributed by atoms with van der Waals surface area (Å²) in [6, 6.07) is 26.9. The van der Waals surface area contributed by atoms with Crippen LogP contribution in [0.15, 0.2) is 91.0 Å². The molecule has 1 unspecified atom stereocenters. The molecule has 0 bridgehead atoms. The van der Waals surface area contributed by atoms with Gasteiger partial charge < -0.3 is 4.74 Å². The van der Waals surface area contributed by atoms with Gasteiger partial charge in [-0.05, 0) is 17.7 Å². The third-order valence-corrected chi connectivity index (χ3v) is 4.93. The van der Waals surface area contributed by atoms with Crippen molar-refractivity contribution in [1.82, 2.24) is 0 Å². The van der Waals surface area contributed by atoms with E-state index >= 15 is 0 Å². The number of carbonyl (C=O) groups excluding carboxylic acids is 2. The normalized spacial score (nSPS) is 12.8. The number of alkyl halides is 1. The van der Waals surface area contributed by atoms with Crippen molar-refractivity contribution in [3.05, 3.63) is 102 Å². The third kappa shape index (κ3) is 4.09. The van der Waals surface area contributed by atoms with Crippen LogP contribution < -0.4 is 4.74 Å². The number of Topliss-reactive ketones (excluding diaryl/α,β-unsaturated/α-hetero) is 1. The van der Waals surface area contributed by atoms with Crippen molar-refractivity contribution in [3.63, 3.8) is 0 Å². The van der Waals surface area contributed by atoms with Gasteiger partial charge in [0.2, 0.25) is 0 Å². The number of halogens is 1. The van der Waals surface area contributed by atoms with Gasteiger partial charge in [0.25, 0.3) is 0 Å². The maximum absolute atomic E-state index is 13.2. The van der Waals surface area contributed by atoms with Crippen LogP contribution in [-0.2, 0) is 11.2 Å². The van der Waals surface area contributed by atoms with E-state index in [1.54, 1.807) is 48.5 Å². The van der Waals surface area contributed by atoms with Gasteiger partial charge in [0.15, 0.2) is 10.1 Å². The van der Waals surface area contributed by atoms with Crippen LogP contribution in [0.4, 0.5) is 0 Å². The van der Waals surface area contributed by atoms with Gasteiger partial charge in [-0.25, -0.2) is 4.79 Å². The van der Waals surface area contributed by atoms with E-state index in [0.717, 1.165) is 5.56 Å². The van der Waals surface area contributed by atoms with Crippen LogP contribution in [0, 0.1) is 0 Å². The quantitative estimate of drug-likeness (QED) is 0.192. The largest absolute Gasteiger partial charge is 0.425 e. The van der Waals surface area contributed by atoms with Gasteiger partial charge in [-0.15, -0.1) is 0 Å². The van der Waals surface area contributed by atoms with Gasteiger partial charge in [0.1, 0.15) is 5.75 Å². The highest BCUT2D eigenvalue weighted by atomic mass is 79.9. The molecule has 0 radical (unpaired) electrons. The molecule has 4 heteroatoms.